The van der Waals surface area contributed by atoms with E-state index in [0.717, 1.165) is 25.1 Å². The molecule has 3 heterocycles. The molecule has 0 saturated carbocycles. The number of amides is 1. The highest BCUT2D eigenvalue weighted by atomic mass is 16.5. The molecule has 3 N–H and O–H groups in total. The standard InChI is InChI=1S/C25H35N5O2/c1-4-5-13-32-21-15-20-22(23(26)27-21)28-24(31)25(2,3)30(20)17-19-10-8-9-18(14-19)16-29-11-6-7-12-29/h8-10,14-15H,4-7,11-13,16-17H2,1-3H3,(H2,26,27)(H,28,31). The highest BCUT2D eigenvalue weighted by molar-refractivity contribution is 6.08. The second-order valence-corrected chi connectivity index (χ2v) is 9.34. The minimum atomic E-state index is -0.744. The lowest BCUT2D eigenvalue weighted by Crippen LogP contribution is -2.55. The quantitative estimate of drug-likeness (QED) is 0.603. The molecule has 2 aliphatic rings. The van der Waals surface area contributed by atoms with Crippen molar-refractivity contribution in [2.24, 2.45) is 0 Å². The van der Waals surface area contributed by atoms with Crippen molar-refractivity contribution in [2.45, 2.75) is 65.1 Å². The number of nitrogen functional groups attached to an aromatic ring is 1. The van der Waals surface area contributed by atoms with Gasteiger partial charge in [0.15, 0.2) is 5.82 Å². The van der Waals surface area contributed by atoms with E-state index < -0.39 is 5.54 Å². The Bertz CT molecular complexity index is 969. The summed E-state index contributed by atoms with van der Waals surface area (Å²) in [4.78, 5) is 21.9. The van der Waals surface area contributed by atoms with E-state index in [2.05, 4.69) is 51.3 Å². The average Bonchev–Trinajstić information content (AvgIpc) is 3.26. The van der Waals surface area contributed by atoms with E-state index in [4.69, 9.17) is 10.5 Å². The predicted octanol–water partition coefficient (Wildman–Crippen LogP) is 4.18. The van der Waals surface area contributed by atoms with Crippen LogP contribution < -0.4 is 20.7 Å². The number of hydrogen-bond acceptors (Lipinski definition) is 6. The molecule has 0 radical (unpaired) electrons. The van der Waals surface area contributed by atoms with E-state index in [-0.39, 0.29) is 11.7 Å². The van der Waals surface area contributed by atoms with Crippen molar-refractivity contribution < 1.29 is 9.53 Å². The molecule has 172 valence electrons. The maximum Gasteiger partial charge on any atom is 0.249 e. The molecule has 4 rings (SSSR count). The maximum atomic E-state index is 13.0. The minimum absolute atomic E-state index is 0.0913. The number of nitrogens with two attached hydrogens (primary N) is 1. The molecule has 0 atom stereocenters. The summed E-state index contributed by atoms with van der Waals surface area (Å²) in [5.41, 5.74) is 9.37. The van der Waals surface area contributed by atoms with Crippen LogP contribution in [0.25, 0.3) is 0 Å². The molecule has 1 aromatic carbocycles. The van der Waals surface area contributed by atoms with Gasteiger partial charge in [-0.3, -0.25) is 9.69 Å². The molecule has 1 aromatic heterocycles. The van der Waals surface area contributed by atoms with Gasteiger partial charge in [-0.05, 0) is 57.3 Å². The summed E-state index contributed by atoms with van der Waals surface area (Å²) in [6.07, 6.45) is 4.56. The Balaban J connectivity index is 1.63. The topological polar surface area (TPSA) is 83.7 Å². The third-order valence-corrected chi connectivity index (χ3v) is 6.45. The number of unbranched alkanes of at least 4 members (excludes halogenated alkanes) is 1. The normalized spacial score (nSPS) is 17.8. The lowest BCUT2D eigenvalue weighted by atomic mass is 9.95. The van der Waals surface area contributed by atoms with E-state index in [9.17, 15) is 4.79 Å². The predicted molar refractivity (Wildman–Crippen MR) is 129 cm³/mol. The number of likely N-dealkylation sites (tertiary alicyclic amines) is 1. The number of fused-ring (bicyclic) bond motifs is 1. The Morgan fingerprint density at radius 2 is 1.88 bits per heavy atom. The summed E-state index contributed by atoms with van der Waals surface area (Å²) in [6, 6.07) is 10.6. The van der Waals surface area contributed by atoms with Crippen molar-refractivity contribution >= 4 is 23.1 Å². The summed E-state index contributed by atoms with van der Waals surface area (Å²) in [5, 5.41) is 2.96. The second-order valence-electron chi connectivity index (χ2n) is 9.34. The van der Waals surface area contributed by atoms with Gasteiger partial charge >= 0.3 is 0 Å². The Morgan fingerprint density at radius 3 is 2.59 bits per heavy atom. The molecule has 2 aliphatic heterocycles. The Labute approximate surface area is 190 Å². The number of pyridine rings is 1. The molecule has 7 heteroatoms. The van der Waals surface area contributed by atoms with Crippen LogP contribution in [0.3, 0.4) is 0 Å². The van der Waals surface area contributed by atoms with Gasteiger partial charge in [0.25, 0.3) is 0 Å². The van der Waals surface area contributed by atoms with Gasteiger partial charge in [0.2, 0.25) is 11.8 Å². The van der Waals surface area contributed by atoms with Crippen molar-refractivity contribution in [3.63, 3.8) is 0 Å². The van der Waals surface area contributed by atoms with Gasteiger partial charge in [0, 0.05) is 19.2 Å². The first-order valence-electron chi connectivity index (χ1n) is 11.7. The van der Waals surface area contributed by atoms with Crippen molar-refractivity contribution in [1.82, 2.24) is 9.88 Å². The Morgan fingerprint density at radius 1 is 1.16 bits per heavy atom. The lowest BCUT2D eigenvalue weighted by Gasteiger charge is -2.44. The number of carbonyl (C=O) groups is 1. The Hall–Kier alpha value is -2.80. The van der Waals surface area contributed by atoms with E-state index in [0.29, 0.717) is 24.7 Å². The van der Waals surface area contributed by atoms with Gasteiger partial charge in [0.05, 0.1) is 12.3 Å². The van der Waals surface area contributed by atoms with E-state index in [1.165, 1.54) is 37.1 Å². The fraction of sp³-hybridized carbons (Fsp3) is 0.520. The molecule has 0 spiro atoms. The first kappa shape index (κ1) is 22.4. The first-order chi connectivity index (χ1) is 15.4. The number of nitrogens with one attached hydrogen (secondary N) is 1. The number of anilines is 3. The zero-order valence-electron chi connectivity index (χ0n) is 19.5. The number of nitrogens with zero attached hydrogens (tertiary/aromatic N) is 3. The van der Waals surface area contributed by atoms with Gasteiger partial charge in [0.1, 0.15) is 11.2 Å². The molecular formula is C25H35N5O2. The van der Waals surface area contributed by atoms with Crippen molar-refractivity contribution in [2.75, 3.05) is 35.6 Å². The summed E-state index contributed by atoms with van der Waals surface area (Å²) >= 11 is 0. The van der Waals surface area contributed by atoms with Crippen LogP contribution in [0, 0.1) is 0 Å². The van der Waals surface area contributed by atoms with Crippen LogP contribution in [0.5, 0.6) is 5.88 Å². The number of benzene rings is 1. The summed E-state index contributed by atoms with van der Waals surface area (Å²) in [6.45, 7) is 10.5. The zero-order chi connectivity index (χ0) is 22.7. The van der Waals surface area contributed by atoms with Gasteiger partial charge in [-0.15, -0.1) is 0 Å². The fourth-order valence-corrected chi connectivity index (χ4v) is 4.44. The highest BCUT2D eigenvalue weighted by Crippen LogP contribution is 2.42. The van der Waals surface area contributed by atoms with Crippen LogP contribution in [0.15, 0.2) is 30.3 Å². The minimum Gasteiger partial charge on any atom is -0.478 e. The fourth-order valence-electron chi connectivity index (χ4n) is 4.44. The van der Waals surface area contributed by atoms with Crippen molar-refractivity contribution in [3.05, 3.63) is 41.5 Å². The van der Waals surface area contributed by atoms with Crippen LogP contribution in [0.1, 0.15) is 57.6 Å². The number of rotatable bonds is 8. The molecule has 0 aliphatic carbocycles. The van der Waals surface area contributed by atoms with Crippen molar-refractivity contribution in [3.8, 4) is 5.88 Å². The lowest BCUT2D eigenvalue weighted by molar-refractivity contribution is -0.120. The van der Waals surface area contributed by atoms with E-state index in [1.807, 2.05) is 19.9 Å². The summed E-state index contributed by atoms with van der Waals surface area (Å²) in [5.74, 6) is 0.687. The number of ether oxygens (including phenoxy) is 1. The monoisotopic (exact) mass is 437 g/mol. The summed E-state index contributed by atoms with van der Waals surface area (Å²) < 4.78 is 5.84. The maximum absolute atomic E-state index is 13.0. The number of aromatic nitrogens is 1. The molecule has 0 unspecified atom stereocenters. The molecular weight excluding hydrogens is 402 g/mol. The third kappa shape index (κ3) is 4.67. The van der Waals surface area contributed by atoms with Gasteiger partial charge in [-0.1, -0.05) is 37.6 Å². The largest absolute Gasteiger partial charge is 0.478 e. The average molecular weight is 438 g/mol. The molecule has 1 fully saturated rings. The van der Waals surface area contributed by atoms with Crippen LogP contribution in [0.2, 0.25) is 0 Å². The number of carbonyl (C=O) groups excluding carboxylic acids is 1. The third-order valence-electron chi connectivity index (χ3n) is 6.45. The van der Waals surface area contributed by atoms with Crippen LogP contribution >= 0.6 is 0 Å². The first-order valence-corrected chi connectivity index (χ1v) is 11.7. The number of hydrogen-bond donors (Lipinski definition) is 2. The highest BCUT2D eigenvalue weighted by Gasteiger charge is 2.41. The molecule has 32 heavy (non-hydrogen) atoms. The van der Waals surface area contributed by atoms with Gasteiger partial charge < -0.3 is 20.7 Å². The van der Waals surface area contributed by atoms with E-state index >= 15 is 0 Å². The molecule has 2 aromatic rings. The van der Waals surface area contributed by atoms with Crippen molar-refractivity contribution in [1.29, 1.82) is 0 Å². The van der Waals surface area contributed by atoms with Crippen LogP contribution in [-0.4, -0.2) is 41.0 Å². The zero-order valence-corrected chi connectivity index (χ0v) is 19.5. The van der Waals surface area contributed by atoms with E-state index in [1.54, 1.807) is 0 Å². The molecule has 0 bridgehead atoms. The SMILES string of the molecule is CCCCOc1cc2c(c(N)n1)NC(=O)C(C)(C)N2Cc1cccc(CN2CCCC2)c1. The smallest absolute Gasteiger partial charge is 0.249 e. The molecule has 1 saturated heterocycles. The van der Waals surface area contributed by atoms with Crippen LogP contribution in [-0.2, 0) is 17.9 Å². The van der Waals surface area contributed by atoms with Gasteiger partial charge in [-0.2, -0.15) is 4.98 Å². The summed E-state index contributed by atoms with van der Waals surface area (Å²) in [7, 11) is 0. The molecule has 1 amide bonds. The second kappa shape index (κ2) is 9.36. The van der Waals surface area contributed by atoms with Crippen LogP contribution in [0.4, 0.5) is 17.2 Å². The molecule has 7 nitrogen and oxygen atoms in total. The Kier molecular flexibility index (Phi) is 6.55. The van der Waals surface area contributed by atoms with Gasteiger partial charge in [-0.25, -0.2) is 0 Å².